The second-order valence-electron chi connectivity index (χ2n) is 9.28. The van der Waals surface area contributed by atoms with Crippen LogP contribution in [-0.2, 0) is 11.3 Å². The lowest BCUT2D eigenvalue weighted by Crippen LogP contribution is -2.62. The number of amides is 1. The molecule has 1 aromatic heterocycles. The zero-order valence-electron chi connectivity index (χ0n) is 17.2. The molecule has 2 aliphatic heterocycles. The molecule has 2 saturated heterocycles. The zero-order valence-corrected chi connectivity index (χ0v) is 17.2. The molecule has 2 aromatic rings. The Bertz CT molecular complexity index is 853. The van der Waals surface area contributed by atoms with Crippen molar-refractivity contribution in [1.82, 2.24) is 19.9 Å². The van der Waals surface area contributed by atoms with Crippen molar-refractivity contribution in [1.29, 1.82) is 0 Å². The molecule has 0 bridgehead atoms. The molecule has 1 aliphatic carbocycles. The van der Waals surface area contributed by atoms with E-state index >= 15 is 0 Å². The summed E-state index contributed by atoms with van der Waals surface area (Å²) >= 11 is 0. The molecule has 1 atom stereocenters. The molecular formula is C23H30N4O2. The van der Waals surface area contributed by atoms with Crippen LogP contribution in [0.25, 0.3) is 0 Å². The number of hydrogen-bond donors (Lipinski definition) is 0. The van der Waals surface area contributed by atoms with Crippen molar-refractivity contribution in [3.8, 4) is 0 Å². The van der Waals surface area contributed by atoms with Crippen molar-refractivity contribution >= 4 is 5.91 Å². The largest absolute Gasteiger partial charge is 0.341 e. The summed E-state index contributed by atoms with van der Waals surface area (Å²) in [5.41, 5.74) is 1.36. The predicted octanol–water partition coefficient (Wildman–Crippen LogP) is 3.39. The van der Waals surface area contributed by atoms with Crippen LogP contribution >= 0.6 is 0 Å². The lowest BCUT2D eigenvalue weighted by Gasteiger charge is -2.51. The molecule has 1 spiro atoms. The molecule has 1 aromatic carbocycles. The normalized spacial score (nSPS) is 24.7. The maximum absolute atomic E-state index is 13.0. The van der Waals surface area contributed by atoms with Crippen molar-refractivity contribution in [2.75, 3.05) is 26.2 Å². The van der Waals surface area contributed by atoms with Gasteiger partial charge in [0.25, 0.3) is 0 Å². The number of aromatic nitrogens is 2. The first-order valence-corrected chi connectivity index (χ1v) is 11.0. The molecule has 5 rings (SSSR count). The maximum atomic E-state index is 13.0. The van der Waals surface area contributed by atoms with E-state index in [1.54, 1.807) is 0 Å². The summed E-state index contributed by atoms with van der Waals surface area (Å²) in [6.07, 6.45) is 5.80. The number of nitrogens with zero attached hydrogens (tertiary/aromatic N) is 4. The number of hydrogen-bond acceptors (Lipinski definition) is 5. The molecule has 3 fully saturated rings. The molecule has 3 heterocycles. The molecule has 0 N–H and O–H groups in total. The van der Waals surface area contributed by atoms with Gasteiger partial charge in [-0.3, -0.25) is 9.69 Å². The van der Waals surface area contributed by atoms with E-state index in [4.69, 9.17) is 4.52 Å². The van der Waals surface area contributed by atoms with Crippen LogP contribution < -0.4 is 0 Å². The van der Waals surface area contributed by atoms with Gasteiger partial charge in [-0.25, -0.2) is 0 Å². The highest BCUT2D eigenvalue weighted by molar-refractivity contribution is 5.80. The Morgan fingerprint density at radius 3 is 2.59 bits per heavy atom. The second kappa shape index (κ2) is 7.56. The smallest absolute Gasteiger partial charge is 0.231 e. The Labute approximate surface area is 172 Å². The van der Waals surface area contributed by atoms with Crippen LogP contribution in [0.2, 0.25) is 0 Å². The molecule has 29 heavy (non-hydrogen) atoms. The summed E-state index contributed by atoms with van der Waals surface area (Å²) in [6, 6.07) is 10.6. The van der Waals surface area contributed by atoms with E-state index in [-0.39, 0.29) is 17.3 Å². The summed E-state index contributed by atoms with van der Waals surface area (Å²) in [7, 11) is 0. The van der Waals surface area contributed by atoms with Crippen molar-refractivity contribution in [3.05, 3.63) is 47.6 Å². The highest BCUT2D eigenvalue weighted by Gasteiger charge is 2.57. The Hall–Kier alpha value is -2.21. The Balaban J connectivity index is 1.32. The fraction of sp³-hybridized carbons (Fsp3) is 0.609. The van der Waals surface area contributed by atoms with Gasteiger partial charge in [-0.05, 0) is 25.3 Å². The average molecular weight is 395 g/mol. The number of carbonyl (C=O) groups excluding carboxylic acids is 1. The van der Waals surface area contributed by atoms with Crippen LogP contribution in [0.5, 0.6) is 0 Å². The molecule has 1 unspecified atom stereocenters. The molecule has 0 radical (unpaired) electrons. The fourth-order valence-electron chi connectivity index (χ4n) is 5.63. The molecular weight excluding hydrogens is 364 g/mol. The highest BCUT2D eigenvalue weighted by Crippen LogP contribution is 2.49. The van der Waals surface area contributed by atoms with E-state index in [0.717, 1.165) is 51.5 Å². The van der Waals surface area contributed by atoms with Gasteiger partial charge in [0.05, 0.1) is 5.92 Å². The molecule has 1 amide bonds. The van der Waals surface area contributed by atoms with Gasteiger partial charge < -0.3 is 9.42 Å². The minimum atomic E-state index is 0.0398. The van der Waals surface area contributed by atoms with E-state index in [1.807, 2.05) is 6.92 Å². The molecule has 1 saturated carbocycles. The van der Waals surface area contributed by atoms with Gasteiger partial charge >= 0.3 is 0 Å². The van der Waals surface area contributed by atoms with E-state index < -0.39 is 0 Å². The summed E-state index contributed by atoms with van der Waals surface area (Å²) in [4.78, 5) is 22.1. The summed E-state index contributed by atoms with van der Waals surface area (Å²) in [6.45, 7) is 6.31. The van der Waals surface area contributed by atoms with Gasteiger partial charge in [0.15, 0.2) is 5.82 Å². The zero-order chi connectivity index (χ0) is 19.8. The standard InChI is InChI=1S/C23H30N4O2/c1-17-24-21(29-25-17)20-13-26(12-18-8-4-2-5-9-18)14-23(20)15-27(16-23)22(28)19-10-6-3-7-11-19/h2,4-5,8-9,19-20H,3,6-7,10-16H2,1H3. The van der Waals surface area contributed by atoms with Crippen LogP contribution in [0.15, 0.2) is 34.9 Å². The summed E-state index contributed by atoms with van der Waals surface area (Å²) < 4.78 is 5.60. The van der Waals surface area contributed by atoms with Crippen molar-refractivity contribution in [2.45, 2.75) is 51.5 Å². The second-order valence-corrected chi connectivity index (χ2v) is 9.28. The van der Waals surface area contributed by atoms with Crippen molar-refractivity contribution in [3.63, 3.8) is 0 Å². The predicted molar refractivity (Wildman–Crippen MR) is 109 cm³/mol. The third-order valence-electron chi connectivity index (χ3n) is 7.09. The van der Waals surface area contributed by atoms with E-state index in [1.165, 1.54) is 24.8 Å². The SMILES string of the molecule is Cc1noc(C2CN(Cc3ccccc3)CC23CN(C(=O)C2CCCCC2)C3)n1. The first-order valence-electron chi connectivity index (χ1n) is 11.0. The third-order valence-corrected chi connectivity index (χ3v) is 7.09. The van der Waals surface area contributed by atoms with Gasteiger partial charge in [-0.2, -0.15) is 4.98 Å². The Kier molecular flexibility index (Phi) is 4.90. The summed E-state index contributed by atoms with van der Waals surface area (Å²) in [5.74, 6) is 2.24. The van der Waals surface area contributed by atoms with E-state index in [0.29, 0.717) is 11.7 Å². The van der Waals surface area contributed by atoms with Gasteiger partial charge in [0.2, 0.25) is 11.8 Å². The number of rotatable bonds is 4. The molecule has 6 heteroatoms. The number of carbonyl (C=O) groups is 1. The lowest BCUT2D eigenvalue weighted by molar-refractivity contribution is -0.149. The van der Waals surface area contributed by atoms with Gasteiger partial charge in [0, 0.05) is 44.1 Å². The summed E-state index contributed by atoms with van der Waals surface area (Å²) in [5, 5.41) is 4.04. The van der Waals surface area contributed by atoms with Crippen LogP contribution in [0.3, 0.4) is 0 Å². The third kappa shape index (κ3) is 3.59. The first-order chi connectivity index (χ1) is 14.1. The molecule has 154 valence electrons. The molecule has 3 aliphatic rings. The fourth-order valence-corrected chi connectivity index (χ4v) is 5.63. The van der Waals surface area contributed by atoms with Gasteiger partial charge in [0.1, 0.15) is 0 Å². The minimum Gasteiger partial charge on any atom is -0.341 e. The van der Waals surface area contributed by atoms with Crippen LogP contribution in [-0.4, -0.2) is 52.0 Å². The van der Waals surface area contributed by atoms with Gasteiger partial charge in [-0.15, -0.1) is 0 Å². The van der Waals surface area contributed by atoms with Crippen LogP contribution in [0, 0.1) is 18.3 Å². The van der Waals surface area contributed by atoms with Gasteiger partial charge in [-0.1, -0.05) is 54.8 Å². The topological polar surface area (TPSA) is 62.5 Å². The average Bonchev–Trinajstić information content (AvgIpc) is 3.31. The number of aryl methyl sites for hydroxylation is 1. The van der Waals surface area contributed by atoms with Crippen LogP contribution in [0.1, 0.15) is 55.3 Å². The molecule has 6 nitrogen and oxygen atoms in total. The Morgan fingerprint density at radius 2 is 1.90 bits per heavy atom. The Morgan fingerprint density at radius 1 is 1.14 bits per heavy atom. The van der Waals surface area contributed by atoms with Crippen molar-refractivity contribution in [2.24, 2.45) is 11.3 Å². The number of benzene rings is 1. The lowest BCUT2D eigenvalue weighted by atomic mass is 9.70. The van der Waals surface area contributed by atoms with Crippen molar-refractivity contribution < 1.29 is 9.32 Å². The number of likely N-dealkylation sites (tertiary alicyclic amines) is 2. The van der Waals surface area contributed by atoms with Crippen LogP contribution in [0.4, 0.5) is 0 Å². The highest BCUT2D eigenvalue weighted by atomic mass is 16.5. The van der Waals surface area contributed by atoms with E-state index in [9.17, 15) is 4.79 Å². The van der Waals surface area contributed by atoms with E-state index in [2.05, 4.69) is 50.3 Å². The minimum absolute atomic E-state index is 0.0398. The monoisotopic (exact) mass is 394 g/mol. The quantitative estimate of drug-likeness (QED) is 0.795. The first kappa shape index (κ1) is 18.8. The maximum Gasteiger partial charge on any atom is 0.231 e.